The monoisotopic (exact) mass is 216 g/mol. The summed E-state index contributed by atoms with van der Waals surface area (Å²) in [6.45, 7) is 4.29. The van der Waals surface area contributed by atoms with Gasteiger partial charge in [-0.15, -0.1) is 0 Å². The Morgan fingerprint density at radius 2 is 1.87 bits per heavy atom. The van der Waals surface area contributed by atoms with Gasteiger partial charge in [-0.05, 0) is 35.1 Å². The number of ether oxygens (including phenoxy) is 1. The zero-order valence-electron chi connectivity index (χ0n) is 10.5. The fourth-order valence-electron chi connectivity index (χ4n) is 2.36. The fourth-order valence-corrected chi connectivity index (χ4v) is 2.36. The van der Waals surface area contributed by atoms with Crippen molar-refractivity contribution < 1.29 is 9.84 Å². The molecule has 4 nitrogen and oxygen atoms in total. The zero-order chi connectivity index (χ0) is 11.6. The van der Waals surface area contributed by atoms with Crippen LogP contribution in [0, 0.1) is 5.92 Å². The molecule has 1 aliphatic rings. The average molecular weight is 216 g/mol. The molecule has 0 bridgehead atoms. The Morgan fingerprint density at radius 1 is 1.27 bits per heavy atom. The predicted octanol–water partition coefficient (Wildman–Crippen LogP) is -0.124. The average Bonchev–Trinajstić information content (AvgIpc) is 2.31. The molecule has 1 N–H and O–H groups in total. The Labute approximate surface area is 92.8 Å². The third kappa shape index (κ3) is 3.14. The Morgan fingerprint density at radius 3 is 2.33 bits per heavy atom. The maximum Gasteiger partial charge on any atom is 0.104 e. The van der Waals surface area contributed by atoms with E-state index in [0.29, 0.717) is 6.61 Å². The SMILES string of the molecule is CN(C)C[C@H]1CO[C@@](C)(CN(C)C)[C@H]1O. The lowest BCUT2D eigenvalue weighted by Crippen LogP contribution is -2.47. The molecule has 0 spiro atoms. The van der Waals surface area contributed by atoms with Crippen LogP contribution in [0.25, 0.3) is 0 Å². The van der Waals surface area contributed by atoms with E-state index < -0.39 is 5.60 Å². The van der Waals surface area contributed by atoms with E-state index in [4.69, 9.17) is 4.74 Å². The third-order valence-corrected chi connectivity index (χ3v) is 2.93. The van der Waals surface area contributed by atoms with Crippen LogP contribution in [0.2, 0.25) is 0 Å². The highest BCUT2D eigenvalue weighted by atomic mass is 16.5. The summed E-state index contributed by atoms with van der Waals surface area (Å²) in [5.74, 6) is 0.227. The lowest BCUT2D eigenvalue weighted by Gasteiger charge is -2.31. The minimum Gasteiger partial charge on any atom is -0.390 e. The summed E-state index contributed by atoms with van der Waals surface area (Å²) in [5.41, 5.74) is -0.413. The van der Waals surface area contributed by atoms with Gasteiger partial charge in [0, 0.05) is 19.0 Å². The molecular weight excluding hydrogens is 192 g/mol. The highest BCUT2D eigenvalue weighted by Crippen LogP contribution is 2.31. The van der Waals surface area contributed by atoms with E-state index in [1.165, 1.54) is 0 Å². The number of rotatable bonds is 4. The van der Waals surface area contributed by atoms with Crippen LogP contribution in [0.15, 0.2) is 0 Å². The van der Waals surface area contributed by atoms with Crippen molar-refractivity contribution in [2.24, 2.45) is 5.92 Å². The van der Waals surface area contributed by atoms with Crippen molar-refractivity contribution in [2.45, 2.75) is 18.6 Å². The van der Waals surface area contributed by atoms with Crippen LogP contribution in [-0.4, -0.2) is 74.5 Å². The maximum absolute atomic E-state index is 10.2. The number of hydrogen-bond donors (Lipinski definition) is 1. The van der Waals surface area contributed by atoms with Gasteiger partial charge < -0.3 is 19.6 Å². The summed E-state index contributed by atoms with van der Waals surface area (Å²) in [5, 5.41) is 10.2. The van der Waals surface area contributed by atoms with Crippen molar-refractivity contribution in [1.82, 2.24) is 9.80 Å². The van der Waals surface area contributed by atoms with Gasteiger partial charge in [-0.1, -0.05) is 0 Å². The van der Waals surface area contributed by atoms with Gasteiger partial charge in [0.1, 0.15) is 5.60 Å². The van der Waals surface area contributed by atoms with Crippen LogP contribution < -0.4 is 0 Å². The van der Waals surface area contributed by atoms with Crippen LogP contribution in [-0.2, 0) is 4.74 Å². The molecule has 1 heterocycles. The molecule has 1 fully saturated rings. The van der Waals surface area contributed by atoms with Gasteiger partial charge >= 0.3 is 0 Å². The molecule has 90 valence electrons. The Hall–Kier alpha value is -0.160. The molecule has 0 unspecified atom stereocenters. The summed E-state index contributed by atoms with van der Waals surface area (Å²) in [7, 11) is 8.05. The summed E-state index contributed by atoms with van der Waals surface area (Å²) in [6, 6.07) is 0. The van der Waals surface area contributed by atoms with E-state index in [2.05, 4.69) is 9.80 Å². The van der Waals surface area contributed by atoms with E-state index in [0.717, 1.165) is 13.1 Å². The normalized spacial score (nSPS) is 36.8. The largest absolute Gasteiger partial charge is 0.390 e. The number of aliphatic hydroxyl groups is 1. The van der Waals surface area contributed by atoms with Crippen molar-refractivity contribution >= 4 is 0 Å². The van der Waals surface area contributed by atoms with Crippen LogP contribution in [0.3, 0.4) is 0 Å². The minimum absolute atomic E-state index is 0.227. The Kier molecular flexibility index (Phi) is 4.12. The first-order valence-corrected chi connectivity index (χ1v) is 5.46. The van der Waals surface area contributed by atoms with Crippen LogP contribution in [0.1, 0.15) is 6.92 Å². The van der Waals surface area contributed by atoms with E-state index in [1.54, 1.807) is 0 Å². The Bertz CT molecular complexity index is 209. The van der Waals surface area contributed by atoms with Crippen molar-refractivity contribution in [2.75, 3.05) is 47.9 Å². The second-order valence-corrected chi connectivity index (χ2v) is 5.33. The quantitative estimate of drug-likeness (QED) is 0.710. The number of aliphatic hydroxyl groups excluding tert-OH is 1. The molecule has 0 aromatic carbocycles. The molecule has 0 amide bonds. The van der Waals surface area contributed by atoms with Gasteiger partial charge in [0.15, 0.2) is 0 Å². The highest BCUT2D eigenvalue weighted by molar-refractivity contribution is 4.96. The van der Waals surface area contributed by atoms with Crippen molar-refractivity contribution in [3.05, 3.63) is 0 Å². The van der Waals surface area contributed by atoms with Crippen LogP contribution in [0.5, 0.6) is 0 Å². The molecule has 4 heteroatoms. The minimum atomic E-state index is -0.413. The van der Waals surface area contributed by atoms with Gasteiger partial charge in [0.2, 0.25) is 0 Å². The molecule has 0 aromatic heterocycles. The molecule has 1 saturated heterocycles. The van der Waals surface area contributed by atoms with E-state index >= 15 is 0 Å². The first-order valence-electron chi connectivity index (χ1n) is 5.46. The van der Waals surface area contributed by atoms with Crippen LogP contribution >= 0.6 is 0 Å². The molecular formula is C11H24N2O2. The standard InChI is InChI=1S/C11H24N2O2/c1-11(8-13(4)5)10(14)9(7-15-11)6-12(2)3/h9-10,14H,6-8H2,1-5H3/t9-,10-,11-/m0/s1. The topological polar surface area (TPSA) is 35.9 Å². The lowest BCUT2D eigenvalue weighted by molar-refractivity contribution is -0.0596. The number of nitrogens with zero attached hydrogens (tertiary/aromatic N) is 2. The lowest BCUT2D eigenvalue weighted by atomic mass is 9.91. The van der Waals surface area contributed by atoms with Crippen molar-refractivity contribution in [3.8, 4) is 0 Å². The van der Waals surface area contributed by atoms with Gasteiger partial charge in [-0.3, -0.25) is 0 Å². The first-order chi connectivity index (χ1) is 6.85. The van der Waals surface area contributed by atoms with Gasteiger partial charge in [-0.2, -0.15) is 0 Å². The third-order valence-electron chi connectivity index (χ3n) is 2.93. The molecule has 0 saturated carbocycles. The van der Waals surface area contributed by atoms with Gasteiger partial charge in [0.25, 0.3) is 0 Å². The summed E-state index contributed by atoms with van der Waals surface area (Å²) < 4.78 is 5.76. The summed E-state index contributed by atoms with van der Waals surface area (Å²) >= 11 is 0. The smallest absolute Gasteiger partial charge is 0.104 e. The summed E-state index contributed by atoms with van der Waals surface area (Å²) in [6.07, 6.45) is -0.373. The molecule has 3 atom stereocenters. The molecule has 0 aromatic rings. The van der Waals surface area contributed by atoms with Gasteiger partial charge in [-0.25, -0.2) is 0 Å². The van der Waals surface area contributed by atoms with E-state index in [9.17, 15) is 5.11 Å². The first kappa shape index (κ1) is 12.9. The van der Waals surface area contributed by atoms with E-state index in [-0.39, 0.29) is 12.0 Å². The molecule has 15 heavy (non-hydrogen) atoms. The van der Waals surface area contributed by atoms with E-state index in [1.807, 2.05) is 35.1 Å². The predicted molar refractivity (Wildman–Crippen MR) is 61.0 cm³/mol. The molecule has 1 aliphatic heterocycles. The molecule has 1 rings (SSSR count). The van der Waals surface area contributed by atoms with Crippen molar-refractivity contribution in [3.63, 3.8) is 0 Å². The highest BCUT2D eigenvalue weighted by Gasteiger charge is 2.45. The Balaban J connectivity index is 2.57. The number of likely N-dealkylation sites (N-methyl/N-ethyl adjacent to an activating group) is 1. The van der Waals surface area contributed by atoms with Gasteiger partial charge in [0.05, 0.1) is 12.7 Å². The second kappa shape index (κ2) is 4.78. The van der Waals surface area contributed by atoms with Crippen LogP contribution in [0.4, 0.5) is 0 Å². The number of hydrogen-bond acceptors (Lipinski definition) is 4. The fraction of sp³-hybridized carbons (Fsp3) is 1.00. The molecule has 0 aliphatic carbocycles. The van der Waals surface area contributed by atoms with Crippen molar-refractivity contribution in [1.29, 1.82) is 0 Å². The molecule has 0 radical (unpaired) electrons. The maximum atomic E-state index is 10.2. The zero-order valence-corrected chi connectivity index (χ0v) is 10.5. The second-order valence-electron chi connectivity index (χ2n) is 5.33. The summed E-state index contributed by atoms with van der Waals surface area (Å²) in [4.78, 5) is 4.15.